The number of carbonyl (C=O) groups is 2. The fourth-order valence-corrected chi connectivity index (χ4v) is 5.27. The highest BCUT2D eigenvalue weighted by molar-refractivity contribution is 6.52. The first-order chi connectivity index (χ1) is 17.8. The van der Waals surface area contributed by atoms with Gasteiger partial charge in [-0.25, -0.2) is 0 Å². The number of anilines is 1. The van der Waals surface area contributed by atoms with E-state index in [4.69, 9.17) is 32.7 Å². The number of benzene rings is 3. The predicted molar refractivity (Wildman–Crippen MR) is 144 cm³/mol. The molecule has 0 spiro atoms. The second-order valence-corrected chi connectivity index (χ2v) is 9.17. The quantitative estimate of drug-likeness (QED) is 0.166. The van der Waals surface area contributed by atoms with E-state index in [1.54, 1.807) is 30.5 Å². The summed E-state index contributed by atoms with van der Waals surface area (Å²) in [5, 5.41) is 12.5. The van der Waals surface area contributed by atoms with E-state index in [1.807, 2.05) is 31.2 Å². The lowest BCUT2D eigenvalue weighted by Gasteiger charge is -2.25. The van der Waals surface area contributed by atoms with Gasteiger partial charge in [0, 0.05) is 33.9 Å². The number of aromatic amines is 1. The number of para-hydroxylation sites is 1. The van der Waals surface area contributed by atoms with E-state index >= 15 is 0 Å². The maximum absolute atomic E-state index is 13.5. The summed E-state index contributed by atoms with van der Waals surface area (Å²) in [7, 11) is 1.42. The highest BCUT2D eigenvalue weighted by Gasteiger charge is 2.47. The number of aromatic nitrogens is 1. The Morgan fingerprint density at radius 1 is 1.05 bits per heavy atom. The molecule has 188 valence electrons. The number of aliphatic hydroxyl groups excluding tert-OH is 1. The zero-order chi connectivity index (χ0) is 26.3. The van der Waals surface area contributed by atoms with E-state index in [2.05, 4.69) is 4.98 Å². The molecule has 2 heterocycles. The summed E-state index contributed by atoms with van der Waals surface area (Å²) in [6.45, 7) is 2.37. The van der Waals surface area contributed by atoms with Gasteiger partial charge in [-0.15, -0.1) is 0 Å². The van der Waals surface area contributed by atoms with Gasteiger partial charge in [0.15, 0.2) is 5.75 Å². The summed E-state index contributed by atoms with van der Waals surface area (Å²) in [5.41, 5.74) is 2.05. The molecule has 1 amide bonds. The molecule has 1 saturated heterocycles. The van der Waals surface area contributed by atoms with Gasteiger partial charge in [0.05, 0.1) is 35.4 Å². The minimum absolute atomic E-state index is 0.0825. The first-order valence-electron chi connectivity index (χ1n) is 11.5. The fourth-order valence-electron chi connectivity index (χ4n) is 4.63. The number of hydrogen-bond donors (Lipinski definition) is 2. The van der Waals surface area contributed by atoms with Crippen LogP contribution in [0.15, 0.2) is 72.4 Å². The predicted octanol–water partition coefficient (Wildman–Crippen LogP) is 6.51. The molecule has 1 aliphatic heterocycles. The third kappa shape index (κ3) is 4.20. The number of H-pyrrole nitrogens is 1. The summed E-state index contributed by atoms with van der Waals surface area (Å²) < 4.78 is 10.7. The van der Waals surface area contributed by atoms with Gasteiger partial charge in [0.2, 0.25) is 0 Å². The molecule has 1 fully saturated rings. The fraction of sp³-hybridized carbons (Fsp3) is 0.143. The Morgan fingerprint density at radius 3 is 2.38 bits per heavy atom. The van der Waals surface area contributed by atoms with Gasteiger partial charge < -0.3 is 19.6 Å². The Morgan fingerprint density at radius 2 is 1.73 bits per heavy atom. The zero-order valence-corrected chi connectivity index (χ0v) is 21.4. The molecule has 0 saturated carbocycles. The number of amides is 1. The van der Waals surface area contributed by atoms with E-state index in [-0.39, 0.29) is 26.9 Å². The van der Waals surface area contributed by atoms with Gasteiger partial charge in [-0.2, -0.15) is 0 Å². The third-order valence-corrected chi connectivity index (χ3v) is 6.82. The standard InChI is InChI=1S/C28H22Cl2N2O5/c1-3-37-17-10-8-16(9-11-17)32-24(19-14-31-22-7-5-4-6-18(19)22)23(26(34)28(32)35)25(33)15-12-20(29)27(36-2)21(30)13-15/h4-14,24,31,33H,3H2,1-2H3/b25-23+. The summed E-state index contributed by atoms with van der Waals surface area (Å²) in [6.07, 6.45) is 1.74. The van der Waals surface area contributed by atoms with Gasteiger partial charge in [0.25, 0.3) is 11.7 Å². The summed E-state index contributed by atoms with van der Waals surface area (Å²) in [4.78, 5) is 31.5. The van der Waals surface area contributed by atoms with Crippen LogP contribution in [0.25, 0.3) is 16.7 Å². The second-order valence-electron chi connectivity index (χ2n) is 8.36. The van der Waals surface area contributed by atoms with Crippen LogP contribution in [0.1, 0.15) is 24.1 Å². The maximum atomic E-state index is 13.5. The molecule has 37 heavy (non-hydrogen) atoms. The first-order valence-corrected chi connectivity index (χ1v) is 12.2. The van der Waals surface area contributed by atoms with Crippen molar-refractivity contribution in [3.8, 4) is 11.5 Å². The van der Waals surface area contributed by atoms with Crippen molar-refractivity contribution in [3.05, 3.63) is 93.6 Å². The normalized spacial score (nSPS) is 17.0. The van der Waals surface area contributed by atoms with Crippen LogP contribution in [0.4, 0.5) is 5.69 Å². The van der Waals surface area contributed by atoms with Gasteiger partial charge in [0.1, 0.15) is 11.5 Å². The highest BCUT2D eigenvalue weighted by atomic mass is 35.5. The molecule has 5 rings (SSSR count). The van der Waals surface area contributed by atoms with Crippen molar-refractivity contribution in [1.29, 1.82) is 0 Å². The topological polar surface area (TPSA) is 91.9 Å². The van der Waals surface area contributed by atoms with Crippen molar-refractivity contribution < 1.29 is 24.2 Å². The van der Waals surface area contributed by atoms with Crippen LogP contribution in [-0.4, -0.2) is 35.5 Å². The molecule has 1 atom stereocenters. The van der Waals surface area contributed by atoms with Crippen LogP contribution in [0.5, 0.6) is 11.5 Å². The molecule has 9 heteroatoms. The monoisotopic (exact) mass is 536 g/mol. The summed E-state index contributed by atoms with van der Waals surface area (Å²) in [5.74, 6) is -1.12. The van der Waals surface area contributed by atoms with E-state index in [0.717, 1.165) is 10.9 Å². The molecule has 0 radical (unpaired) electrons. The summed E-state index contributed by atoms with van der Waals surface area (Å²) >= 11 is 12.6. The maximum Gasteiger partial charge on any atom is 0.300 e. The molecular formula is C28H22Cl2N2O5. The number of nitrogens with one attached hydrogen (secondary N) is 1. The van der Waals surface area contributed by atoms with Crippen LogP contribution in [0.3, 0.4) is 0 Å². The molecule has 3 aromatic carbocycles. The number of halogens is 2. The van der Waals surface area contributed by atoms with Gasteiger partial charge in [-0.05, 0) is 49.4 Å². The number of rotatable bonds is 6. The number of nitrogens with zero attached hydrogens (tertiary/aromatic N) is 1. The Balaban J connectivity index is 1.74. The SMILES string of the molecule is CCOc1ccc(N2C(=O)C(=O)/C(=C(/O)c3cc(Cl)c(OC)c(Cl)c3)C2c2c[nH]c3ccccc23)cc1. The number of hydrogen-bond acceptors (Lipinski definition) is 5. The molecule has 2 N–H and O–H groups in total. The third-order valence-electron chi connectivity index (χ3n) is 6.26. The number of aliphatic hydroxyl groups is 1. The van der Waals surface area contributed by atoms with Crippen molar-refractivity contribution in [2.45, 2.75) is 13.0 Å². The molecule has 0 bridgehead atoms. The van der Waals surface area contributed by atoms with Crippen molar-refractivity contribution in [3.63, 3.8) is 0 Å². The van der Waals surface area contributed by atoms with Gasteiger partial charge >= 0.3 is 0 Å². The number of fused-ring (bicyclic) bond motifs is 1. The molecule has 7 nitrogen and oxygen atoms in total. The summed E-state index contributed by atoms with van der Waals surface area (Å²) in [6, 6.07) is 16.4. The highest BCUT2D eigenvalue weighted by Crippen LogP contribution is 2.45. The smallest absolute Gasteiger partial charge is 0.300 e. The molecule has 4 aromatic rings. The van der Waals surface area contributed by atoms with Crippen molar-refractivity contribution in [1.82, 2.24) is 4.98 Å². The average molecular weight is 537 g/mol. The number of Topliss-reactive ketones (excluding diaryl/α,β-unsaturated/α-hetero) is 1. The lowest BCUT2D eigenvalue weighted by Crippen LogP contribution is -2.29. The second kappa shape index (κ2) is 9.84. The molecule has 1 unspecified atom stereocenters. The van der Waals surface area contributed by atoms with E-state index in [1.165, 1.54) is 24.1 Å². The minimum Gasteiger partial charge on any atom is -0.507 e. The number of ether oxygens (including phenoxy) is 2. The van der Waals surface area contributed by atoms with Crippen LogP contribution in [0, 0.1) is 0 Å². The molecule has 1 aliphatic rings. The first kappa shape index (κ1) is 24.7. The lowest BCUT2D eigenvalue weighted by atomic mass is 9.94. The average Bonchev–Trinajstić information content (AvgIpc) is 3.42. The Kier molecular flexibility index (Phi) is 6.58. The van der Waals surface area contributed by atoms with E-state index in [0.29, 0.717) is 23.6 Å². The minimum atomic E-state index is -0.922. The largest absolute Gasteiger partial charge is 0.507 e. The number of carbonyl (C=O) groups excluding carboxylic acids is 2. The van der Waals surface area contributed by atoms with Crippen LogP contribution in [-0.2, 0) is 9.59 Å². The van der Waals surface area contributed by atoms with E-state index in [9.17, 15) is 14.7 Å². The number of methoxy groups -OCH3 is 1. The van der Waals surface area contributed by atoms with E-state index < -0.39 is 23.5 Å². The van der Waals surface area contributed by atoms with Crippen molar-refractivity contribution in [2.24, 2.45) is 0 Å². The Labute approximate surface area is 222 Å². The lowest BCUT2D eigenvalue weighted by molar-refractivity contribution is -0.132. The van der Waals surface area contributed by atoms with Crippen molar-refractivity contribution >= 4 is 57.2 Å². The molecule has 1 aromatic heterocycles. The Bertz CT molecular complexity index is 1540. The zero-order valence-electron chi connectivity index (χ0n) is 19.9. The van der Waals surface area contributed by atoms with Crippen LogP contribution < -0.4 is 14.4 Å². The Hall–Kier alpha value is -3.94. The number of ketones is 1. The van der Waals surface area contributed by atoms with Crippen LogP contribution >= 0.6 is 23.2 Å². The van der Waals surface area contributed by atoms with Gasteiger partial charge in [-0.1, -0.05) is 41.4 Å². The van der Waals surface area contributed by atoms with Crippen LogP contribution in [0.2, 0.25) is 10.0 Å². The van der Waals surface area contributed by atoms with Crippen molar-refractivity contribution in [2.75, 3.05) is 18.6 Å². The molecule has 0 aliphatic carbocycles. The molecular weight excluding hydrogens is 515 g/mol. The van der Waals surface area contributed by atoms with Gasteiger partial charge in [-0.3, -0.25) is 14.5 Å².